The van der Waals surface area contributed by atoms with Crippen molar-refractivity contribution in [2.24, 2.45) is 0 Å². The molecule has 1 heterocycles. The topological polar surface area (TPSA) is 65.7 Å². The van der Waals surface area contributed by atoms with Crippen LogP contribution in [0.2, 0.25) is 5.02 Å². The van der Waals surface area contributed by atoms with E-state index in [1.54, 1.807) is 36.4 Å². The Morgan fingerprint density at radius 2 is 1.56 bits per heavy atom. The van der Waals surface area contributed by atoms with Crippen molar-refractivity contribution in [2.75, 3.05) is 0 Å². The predicted octanol–water partition coefficient (Wildman–Crippen LogP) is 6.61. The van der Waals surface area contributed by atoms with Crippen molar-refractivity contribution in [2.45, 2.75) is 0 Å². The van der Waals surface area contributed by atoms with Gasteiger partial charge in [0.2, 0.25) is 11.2 Å². The number of benzene rings is 4. The Morgan fingerprint density at radius 1 is 0.812 bits per heavy atom. The summed E-state index contributed by atoms with van der Waals surface area (Å²) in [5.41, 5.74) is 0.312. The summed E-state index contributed by atoms with van der Waals surface area (Å²) >= 11 is 5.84. The lowest BCUT2D eigenvalue weighted by atomic mass is 10.1. The van der Waals surface area contributed by atoms with Crippen LogP contribution in [0.25, 0.3) is 21.7 Å². The Morgan fingerprint density at radius 3 is 2.38 bits per heavy atom. The molecule has 0 aliphatic heterocycles. The molecule has 156 valence electrons. The lowest BCUT2D eigenvalue weighted by Gasteiger charge is -2.08. The molecule has 1 aromatic heterocycles. The van der Waals surface area contributed by atoms with Crippen LogP contribution in [-0.4, -0.2) is 5.97 Å². The van der Waals surface area contributed by atoms with Crippen LogP contribution in [0.5, 0.6) is 17.2 Å². The summed E-state index contributed by atoms with van der Waals surface area (Å²) in [6.45, 7) is 0. The highest BCUT2D eigenvalue weighted by Crippen LogP contribution is 2.27. The summed E-state index contributed by atoms with van der Waals surface area (Å²) in [6.07, 6.45) is 1.25. The Hall–Kier alpha value is -4.09. The zero-order valence-electron chi connectivity index (χ0n) is 16.6. The van der Waals surface area contributed by atoms with E-state index in [-0.39, 0.29) is 22.5 Å². The average Bonchev–Trinajstić information content (AvgIpc) is 2.81. The maximum Gasteiger partial charge on any atom is 0.343 e. The number of carbonyl (C=O) groups excluding carboxylic acids is 1. The second-order valence-corrected chi connectivity index (χ2v) is 7.53. The molecule has 5 nitrogen and oxygen atoms in total. The van der Waals surface area contributed by atoms with Gasteiger partial charge in [-0.15, -0.1) is 0 Å². The first-order chi connectivity index (χ1) is 15.6. The molecule has 5 rings (SSSR count). The van der Waals surface area contributed by atoms with Crippen molar-refractivity contribution in [3.63, 3.8) is 0 Å². The fourth-order valence-corrected chi connectivity index (χ4v) is 3.46. The fourth-order valence-electron chi connectivity index (χ4n) is 3.33. The molecule has 5 aromatic rings. The number of hydrogen-bond acceptors (Lipinski definition) is 5. The van der Waals surface area contributed by atoms with Gasteiger partial charge in [0.05, 0.1) is 10.9 Å². The molecule has 0 saturated heterocycles. The maximum absolute atomic E-state index is 12.9. The van der Waals surface area contributed by atoms with Gasteiger partial charge < -0.3 is 13.9 Å². The third kappa shape index (κ3) is 3.94. The summed E-state index contributed by atoms with van der Waals surface area (Å²) in [4.78, 5) is 25.2. The van der Waals surface area contributed by atoms with Crippen LogP contribution in [-0.2, 0) is 0 Å². The number of hydrogen-bond donors (Lipinski definition) is 0. The van der Waals surface area contributed by atoms with Gasteiger partial charge in [-0.3, -0.25) is 4.79 Å². The molecule has 0 fully saturated rings. The highest BCUT2D eigenvalue weighted by atomic mass is 35.5. The van der Waals surface area contributed by atoms with Gasteiger partial charge in [-0.25, -0.2) is 4.79 Å². The molecule has 0 unspecified atom stereocenters. The van der Waals surface area contributed by atoms with Crippen molar-refractivity contribution in [3.05, 3.63) is 112 Å². The monoisotopic (exact) mass is 442 g/mol. The smallest absolute Gasteiger partial charge is 0.343 e. The third-order valence-electron chi connectivity index (χ3n) is 4.95. The zero-order valence-corrected chi connectivity index (χ0v) is 17.3. The predicted molar refractivity (Wildman–Crippen MR) is 123 cm³/mol. The first kappa shape index (κ1) is 19.8. The van der Waals surface area contributed by atoms with E-state index >= 15 is 0 Å². The third-order valence-corrected chi connectivity index (χ3v) is 5.21. The van der Waals surface area contributed by atoms with Crippen LogP contribution >= 0.6 is 11.6 Å². The van der Waals surface area contributed by atoms with Crippen LogP contribution in [0.4, 0.5) is 0 Å². The number of ether oxygens (including phenoxy) is 2. The largest absolute Gasteiger partial charge is 0.460 e. The van der Waals surface area contributed by atoms with Gasteiger partial charge >= 0.3 is 5.97 Å². The minimum Gasteiger partial charge on any atom is -0.460 e. The second-order valence-electron chi connectivity index (χ2n) is 7.09. The highest BCUT2D eigenvalue weighted by molar-refractivity contribution is 6.30. The first-order valence-corrected chi connectivity index (χ1v) is 10.1. The maximum atomic E-state index is 12.9. The van der Waals surface area contributed by atoms with Crippen molar-refractivity contribution in [1.29, 1.82) is 0 Å². The van der Waals surface area contributed by atoms with E-state index in [0.29, 0.717) is 21.7 Å². The molecule has 0 bridgehead atoms. The van der Waals surface area contributed by atoms with Gasteiger partial charge in [0.1, 0.15) is 23.3 Å². The Labute approximate surface area is 187 Å². The van der Waals surface area contributed by atoms with E-state index in [0.717, 1.165) is 10.8 Å². The number of carbonyl (C=O) groups is 1. The van der Waals surface area contributed by atoms with Crippen LogP contribution in [0.15, 0.2) is 100 Å². The van der Waals surface area contributed by atoms with Crippen molar-refractivity contribution in [3.8, 4) is 17.2 Å². The van der Waals surface area contributed by atoms with E-state index in [1.165, 1.54) is 18.4 Å². The zero-order chi connectivity index (χ0) is 22.1. The van der Waals surface area contributed by atoms with Crippen molar-refractivity contribution in [1.82, 2.24) is 0 Å². The Balaban J connectivity index is 1.40. The van der Waals surface area contributed by atoms with Gasteiger partial charge in [-0.1, -0.05) is 41.9 Å². The fraction of sp³-hybridized carbons (Fsp3) is 0. The summed E-state index contributed by atoms with van der Waals surface area (Å²) in [5, 5.41) is 2.92. The molecular weight excluding hydrogens is 428 g/mol. The second kappa shape index (κ2) is 8.21. The molecular formula is C26H15ClO5. The minimum atomic E-state index is -0.542. The SMILES string of the molecule is O=C(Oc1ccc2c(=O)c(Oc3ccc4ccccc4c3)coc2c1)c1ccc(Cl)cc1. The van der Waals surface area contributed by atoms with Crippen LogP contribution in [0.1, 0.15) is 10.4 Å². The van der Waals surface area contributed by atoms with Crippen LogP contribution < -0.4 is 14.9 Å². The lowest BCUT2D eigenvalue weighted by molar-refractivity contribution is 0.0735. The number of halogens is 1. The number of esters is 1. The van der Waals surface area contributed by atoms with E-state index in [2.05, 4.69) is 0 Å². The van der Waals surface area contributed by atoms with E-state index in [1.807, 2.05) is 36.4 Å². The summed E-state index contributed by atoms with van der Waals surface area (Å²) < 4.78 is 16.8. The quantitative estimate of drug-likeness (QED) is 0.231. The molecule has 4 aromatic carbocycles. The summed E-state index contributed by atoms with van der Waals surface area (Å²) in [5.74, 6) is 0.311. The van der Waals surface area contributed by atoms with Crippen molar-refractivity contribution < 1.29 is 18.7 Å². The lowest BCUT2D eigenvalue weighted by Crippen LogP contribution is -2.09. The Kier molecular flexibility index (Phi) is 5.09. The minimum absolute atomic E-state index is 0.0682. The van der Waals surface area contributed by atoms with Crippen LogP contribution in [0.3, 0.4) is 0 Å². The van der Waals surface area contributed by atoms with Gasteiger partial charge in [-0.2, -0.15) is 0 Å². The molecule has 0 atom stereocenters. The molecule has 0 saturated carbocycles. The van der Waals surface area contributed by atoms with E-state index < -0.39 is 5.97 Å². The summed E-state index contributed by atoms with van der Waals surface area (Å²) in [6, 6.07) is 24.4. The van der Waals surface area contributed by atoms with Gasteiger partial charge in [0, 0.05) is 11.1 Å². The molecule has 0 spiro atoms. The van der Waals surface area contributed by atoms with Crippen molar-refractivity contribution >= 4 is 39.3 Å². The molecule has 0 amide bonds. The first-order valence-electron chi connectivity index (χ1n) is 9.77. The molecule has 32 heavy (non-hydrogen) atoms. The highest BCUT2D eigenvalue weighted by Gasteiger charge is 2.13. The molecule has 0 aliphatic rings. The van der Waals surface area contributed by atoms with Gasteiger partial charge in [-0.05, 0) is 59.3 Å². The van der Waals surface area contributed by atoms with Gasteiger partial charge in [0.25, 0.3) is 0 Å². The molecule has 0 N–H and O–H groups in total. The van der Waals surface area contributed by atoms with Crippen LogP contribution in [0, 0.1) is 0 Å². The van der Waals surface area contributed by atoms with Gasteiger partial charge in [0.15, 0.2) is 0 Å². The molecule has 0 aliphatic carbocycles. The summed E-state index contributed by atoms with van der Waals surface area (Å²) in [7, 11) is 0. The number of fused-ring (bicyclic) bond motifs is 2. The standard InChI is InChI=1S/C26H15ClO5/c27-19-8-5-17(6-9-19)26(29)32-21-11-12-22-23(14-21)30-15-24(25(22)28)31-20-10-7-16-3-1-2-4-18(16)13-20/h1-15H. The number of rotatable bonds is 4. The average molecular weight is 443 g/mol. The molecule has 6 heteroatoms. The van der Waals surface area contributed by atoms with E-state index in [9.17, 15) is 9.59 Å². The molecule has 0 radical (unpaired) electrons. The van der Waals surface area contributed by atoms with E-state index in [4.69, 9.17) is 25.5 Å². The normalized spacial score (nSPS) is 10.9. The Bertz CT molecular complexity index is 1520.